The number of hydrogen-bond acceptors (Lipinski definition) is 0. The molecule has 0 fully saturated rings. The summed E-state index contributed by atoms with van der Waals surface area (Å²) in [6, 6.07) is 49.9. The van der Waals surface area contributed by atoms with Crippen LogP contribution in [0.25, 0.3) is 64.6 Å². The summed E-state index contributed by atoms with van der Waals surface area (Å²) in [5.41, 5.74) is 11.1. The van der Waals surface area contributed by atoms with Gasteiger partial charge in [-0.05, 0) is 160 Å². The van der Waals surface area contributed by atoms with E-state index in [-0.39, 0.29) is 0 Å². The van der Waals surface area contributed by atoms with Crippen molar-refractivity contribution in [3.63, 3.8) is 0 Å². The number of benzene rings is 9. The number of fused-ring (bicyclic) bond motifs is 9. The maximum atomic E-state index is 2.85. The molecule has 9 rings (SSSR count). The van der Waals surface area contributed by atoms with E-state index in [4.69, 9.17) is 0 Å². The molecule has 414 valence electrons. The fourth-order valence-electron chi connectivity index (χ4n) is 7.91. The van der Waals surface area contributed by atoms with Gasteiger partial charge in [-0.25, -0.2) is 0 Å². The normalized spacial score (nSPS) is 9.31. The van der Waals surface area contributed by atoms with Crippen LogP contribution in [0.5, 0.6) is 0 Å². The molecular weight excluding hydrogens is 1030 g/mol. The van der Waals surface area contributed by atoms with Crippen molar-refractivity contribution in [1.82, 2.24) is 0 Å². The lowest BCUT2D eigenvalue weighted by Crippen LogP contribution is -1.90. The second kappa shape index (κ2) is 47.5. The number of aryl methyl sites for hydroxylation is 1. The highest BCUT2D eigenvalue weighted by Gasteiger charge is 2.09. The van der Waals surface area contributed by atoms with Crippen molar-refractivity contribution in [2.24, 2.45) is 0 Å². The highest BCUT2D eigenvalue weighted by molar-refractivity contribution is 7.16. The molecule has 0 saturated heterocycles. The minimum Gasteiger partial charge on any atom is -0.133 e. The molecular formula is C68H107P7. The fraction of sp³-hybridized carbons (Fsp3) is 0.382. The maximum absolute atomic E-state index is 2.85. The molecule has 0 aliphatic carbocycles. The third-order valence-corrected chi connectivity index (χ3v) is 14.2. The number of rotatable bonds is 7. The molecule has 0 radical (unpaired) electrons. The highest BCUT2D eigenvalue weighted by atomic mass is 31.0. The van der Waals surface area contributed by atoms with Gasteiger partial charge in [-0.15, -0.1) is 64.7 Å². The van der Waals surface area contributed by atoms with Gasteiger partial charge in [-0.1, -0.05) is 258 Å². The Hall–Kier alpha value is -2.45. The van der Waals surface area contributed by atoms with Gasteiger partial charge in [-0.3, -0.25) is 0 Å². The van der Waals surface area contributed by atoms with Gasteiger partial charge in [0.25, 0.3) is 0 Å². The van der Waals surface area contributed by atoms with Gasteiger partial charge in [0.15, 0.2) is 0 Å². The zero-order valence-electron chi connectivity index (χ0n) is 50.7. The molecule has 0 N–H and O–H groups in total. The van der Waals surface area contributed by atoms with Gasteiger partial charge < -0.3 is 0 Å². The third kappa shape index (κ3) is 23.0. The minimum absolute atomic E-state index is 1.00. The van der Waals surface area contributed by atoms with Crippen molar-refractivity contribution in [2.75, 3.05) is 0 Å². The van der Waals surface area contributed by atoms with Gasteiger partial charge in [0.05, 0.1) is 0 Å². The van der Waals surface area contributed by atoms with Crippen molar-refractivity contribution < 1.29 is 0 Å². The molecule has 0 heterocycles. The first-order chi connectivity index (χ1) is 36.8. The summed E-state index contributed by atoms with van der Waals surface area (Å²) in [6.45, 7) is 38.1. The van der Waals surface area contributed by atoms with E-state index in [0.29, 0.717) is 0 Å². The van der Waals surface area contributed by atoms with Crippen LogP contribution in [-0.2, 0) is 43.1 Å². The van der Waals surface area contributed by atoms with Crippen LogP contribution >= 0.6 is 64.7 Å². The van der Waals surface area contributed by atoms with Crippen LogP contribution < -0.4 is 0 Å². The molecule has 0 amide bonds. The van der Waals surface area contributed by atoms with Crippen molar-refractivity contribution in [3.05, 3.63) is 178 Å². The van der Waals surface area contributed by atoms with Crippen LogP contribution in [0.3, 0.4) is 0 Å². The zero-order chi connectivity index (χ0) is 58.1. The molecule has 9 aromatic carbocycles. The van der Waals surface area contributed by atoms with Crippen molar-refractivity contribution in [2.45, 2.75) is 175 Å². The first kappa shape index (κ1) is 76.8. The van der Waals surface area contributed by atoms with Crippen molar-refractivity contribution in [1.29, 1.82) is 0 Å². The molecule has 7 atom stereocenters. The first-order valence-corrected chi connectivity index (χ1v) is 34.3. The topological polar surface area (TPSA) is 0 Å². The van der Waals surface area contributed by atoms with Crippen molar-refractivity contribution >= 4 is 129 Å². The van der Waals surface area contributed by atoms with Crippen LogP contribution in [0.1, 0.15) is 169 Å². The fourth-order valence-corrected chi connectivity index (χ4v) is 10.0. The Morgan fingerprint density at radius 3 is 0.880 bits per heavy atom. The summed E-state index contributed by atoms with van der Waals surface area (Å²) in [6.07, 6.45) is 7.08. The van der Waals surface area contributed by atoms with Gasteiger partial charge in [-0.2, -0.15) is 0 Å². The molecule has 0 nitrogen and oxygen atoms in total. The zero-order valence-corrected chi connectivity index (χ0v) is 58.8. The van der Waals surface area contributed by atoms with E-state index < -0.39 is 0 Å². The van der Waals surface area contributed by atoms with Crippen LogP contribution in [0, 0.1) is 6.92 Å². The summed E-state index contributed by atoms with van der Waals surface area (Å²) >= 11 is 0. The van der Waals surface area contributed by atoms with Crippen LogP contribution in [0.15, 0.2) is 133 Å². The Kier molecular flexibility index (Phi) is 48.7. The monoisotopic (exact) mass is 1140 g/mol. The van der Waals surface area contributed by atoms with Gasteiger partial charge in [0.1, 0.15) is 0 Å². The Morgan fingerprint density at radius 1 is 0.213 bits per heavy atom. The lowest BCUT2D eigenvalue weighted by Gasteiger charge is -2.11. The lowest BCUT2D eigenvalue weighted by molar-refractivity contribution is 1.30. The van der Waals surface area contributed by atoms with E-state index >= 15 is 0 Å². The van der Waals surface area contributed by atoms with Crippen LogP contribution in [0.4, 0.5) is 0 Å². The average molecular weight is 1140 g/mol. The van der Waals surface area contributed by atoms with Crippen LogP contribution in [-0.4, -0.2) is 0 Å². The number of hydrogen-bond donors (Lipinski definition) is 0. The Morgan fingerprint density at radius 2 is 0.507 bits per heavy atom. The van der Waals surface area contributed by atoms with E-state index in [0.717, 1.165) is 43.1 Å². The predicted molar refractivity (Wildman–Crippen MR) is 385 cm³/mol. The quantitative estimate of drug-likeness (QED) is 0.110. The molecule has 7 heteroatoms. The van der Waals surface area contributed by atoms with E-state index in [1.807, 2.05) is 125 Å². The SMILES string of the molecule is CC.CC.CC.CC.CC.CC.CC.CC.CC.Cc1ccc2c(ccc3cc(CP)ccc32)c1.PCc1ccc2c(ccc3c(CP)cc(CP)cc32)c1.PCc1ccc2c(ccc3cc(CP)c(CP)cc32)c1. The van der Waals surface area contributed by atoms with E-state index in [2.05, 4.69) is 205 Å². The lowest BCUT2D eigenvalue weighted by atomic mass is 9.96. The average Bonchev–Trinajstić information content (AvgIpc) is 3.52. The Bertz CT molecular complexity index is 2880. The van der Waals surface area contributed by atoms with Gasteiger partial charge in [0, 0.05) is 0 Å². The summed E-state index contributed by atoms with van der Waals surface area (Å²) in [5, 5.41) is 16.3. The first-order valence-electron chi connectivity index (χ1n) is 28.6. The molecule has 0 spiro atoms. The maximum Gasteiger partial charge on any atom is -0.00996 e. The van der Waals surface area contributed by atoms with Gasteiger partial charge in [0.2, 0.25) is 0 Å². The standard InChI is InChI=1S/2C17H19P3.C16H15P.9C2H6/c18-8-11-1-4-16-12(5-11)2-3-13-6-14(9-19)15(10-20)7-17(13)16;18-8-11-1-3-15-13(5-11)2-4-16-14(10-20)6-12(9-19)7-17(15)16;1-11-2-6-15-13(8-11)4-5-14-9-12(10-17)3-7-16(14)15;9*1-2/h2*1-7H,8-10,18-20H2;2-9H,10,17H2,1H3;9*1-2H3. The Labute approximate surface area is 478 Å². The summed E-state index contributed by atoms with van der Waals surface area (Å²) in [4.78, 5) is 0. The minimum atomic E-state index is 1.00. The second-order valence-corrected chi connectivity index (χ2v) is 17.6. The molecule has 0 bridgehead atoms. The molecule has 75 heavy (non-hydrogen) atoms. The smallest absolute Gasteiger partial charge is 0.00996 e. The summed E-state index contributed by atoms with van der Waals surface area (Å²) in [7, 11) is 19.7. The van der Waals surface area contributed by atoms with Gasteiger partial charge >= 0.3 is 0 Å². The molecule has 0 aliphatic heterocycles. The predicted octanol–water partition coefficient (Wildman–Crippen LogP) is 24.1. The second-order valence-electron chi connectivity index (χ2n) is 14.7. The molecule has 0 aliphatic rings. The molecule has 0 aromatic heterocycles. The Balaban J connectivity index is -0.000000901. The largest absolute Gasteiger partial charge is 0.133 e. The molecule has 7 unspecified atom stereocenters. The van der Waals surface area contributed by atoms with E-state index in [9.17, 15) is 0 Å². The third-order valence-electron chi connectivity index (χ3n) is 11.0. The van der Waals surface area contributed by atoms with Crippen LogP contribution in [0.2, 0.25) is 0 Å². The highest BCUT2D eigenvalue weighted by Crippen LogP contribution is 2.33. The summed E-state index contributed by atoms with van der Waals surface area (Å²) < 4.78 is 0. The molecule has 0 saturated carbocycles. The van der Waals surface area contributed by atoms with Crippen molar-refractivity contribution in [3.8, 4) is 0 Å². The van der Waals surface area contributed by atoms with E-state index in [1.54, 1.807) is 0 Å². The van der Waals surface area contributed by atoms with E-state index in [1.165, 1.54) is 109 Å². The summed E-state index contributed by atoms with van der Waals surface area (Å²) in [5.74, 6) is 0. The molecule has 9 aromatic rings.